The largest absolute Gasteiger partial charge is 3.00 e. The molecule has 41 heavy (non-hydrogen) atoms. The predicted octanol–water partition coefficient (Wildman–Crippen LogP) is -15.4. The van der Waals surface area contributed by atoms with Crippen molar-refractivity contribution < 1.29 is 120 Å². The summed E-state index contributed by atoms with van der Waals surface area (Å²) in [6.07, 6.45) is 13.1. The van der Waals surface area contributed by atoms with E-state index in [1.807, 2.05) is 0 Å². The second kappa shape index (κ2) is 39.4. The van der Waals surface area contributed by atoms with Crippen LogP contribution in [0.5, 0.6) is 0 Å². The molecule has 1 radical (unpaired) electrons. The van der Waals surface area contributed by atoms with Gasteiger partial charge >= 0.3 is 16.5 Å². The minimum Gasteiger partial charge on any atom is -0.329 e. The average molecular weight is 799 g/mol. The quantitative estimate of drug-likeness (QED) is 0.245. The molecule has 3 N–H and O–H groups in total. The molecule has 1 saturated heterocycles. The Morgan fingerprint density at radius 3 is 0.829 bits per heavy atom. The van der Waals surface area contributed by atoms with E-state index in [1.165, 1.54) is 0 Å². The SMILES string of the molecule is CS(C)=O.CS(C)=O.CS(C)=O.CS(C)=O.NCCN1CCNCC1.[Ni+3].[O-][Cl+3]([O-])([O-])[O-].[O-][Cl+3]([O-])([O-])[O-].[O-][Cl+3]([O-])([O-])[O-]. The number of halogens is 3. The van der Waals surface area contributed by atoms with Gasteiger partial charge in [-0.15, -0.1) is 30.7 Å². The van der Waals surface area contributed by atoms with Gasteiger partial charge in [-0.1, -0.05) is 0 Å². The number of hydrogen-bond acceptors (Lipinski definition) is 19. The summed E-state index contributed by atoms with van der Waals surface area (Å²) in [4.78, 5) is 2.39. The molecule has 1 aliphatic heterocycles. The zero-order valence-corrected chi connectivity index (χ0v) is 29.9. The molecule has 0 aromatic heterocycles. The summed E-state index contributed by atoms with van der Waals surface area (Å²) in [6.45, 7) is 6.43. The molecule has 0 aromatic carbocycles. The van der Waals surface area contributed by atoms with Crippen LogP contribution in [0.15, 0.2) is 0 Å². The van der Waals surface area contributed by atoms with Crippen molar-refractivity contribution in [2.24, 2.45) is 5.73 Å². The summed E-state index contributed by atoms with van der Waals surface area (Å²) >= 11 is 0. The Morgan fingerprint density at radius 2 is 0.707 bits per heavy atom. The van der Waals surface area contributed by atoms with Crippen LogP contribution in [0.2, 0.25) is 0 Å². The smallest absolute Gasteiger partial charge is 0.329 e. The van der Waals surface area contributed by atoms with Gasteiger partial charge in [-0.25, -0.2) is 55.9 Å². The molecule has 0 aliphatic carbocycles. The minimum absolute atomic E-state index is 0. The van der Waals surface area contributed by atoms with Gasteiger partial charge in [0.05, 0.1) is 0 Å². The van der Waals surface area contributed by atoms with Crippen LogP contribution in [0.25, 0.3) is 0 Å². The fraction of sp³-hybridized carbons (Fsp3) is 1.00. The van der Waals surface area contributed by atoms with Gasteiger partial charge in [0.25, 0.3) is 0 Å². The first kappa shape index (κ1) is 61.4. The van der Waals surface area contributed by atoms with Crippen molar-refractivity contribution in [3.05, 3.63) is 0 Å². The maximum Gasteiger partial charge on any atom is 3.00 e. The molecule has 261 valence electrons. The van der Waals surface area contributed by atoms with Gasteiger partial charge in [0.1, 0.15) is 0 Å². The fourth-order valence-corrected chi connectivity index (χ4v) is 1.12. The van der Waals surface area contributed by atoms with Crippen molar-refractivity contribution in [1.29, 1.82) is 0 Å². The Labute approximate surface area is 267 Å². The second-order valence-electron chi connectivity index (χ2n) is 6.48. The Hall–Kier alpha value is 1.36. The van der Waals surface area contributed by atoms with Crippen molar-refractivity contribution in [3.63, 3.8) is 0 Å². The third kappa shape index (κ3) is 419. The summed E-state index contributed by atoms with van der Waals surface area (Å²) < 4.78 is 140. The van der Waals surface area contributed by atoms with E-state index < -0.39 is 73.9 Å². The molecule has 1 rings (SSSR count). The van der Waals surface area contributed by atoms with Gasteiger partial charge in [-0.3, -0.25) is 21.7 Å². The minimum atomic E-state index is -4.94. The molecule has 0 spiro atoms. The molecule has 19 nitrogen and oxygen atoms in total. The van der Waals surface area contributed by atoms with Crippen LogP contribution in [0.4, 0.5) is 0 Å². The standard InChI is InChI=1S/C6H15N3.4C2H6OS.3ClHO4.Ni/c7-1-4-9-5-2-8-3-6-9;4*1-4(2)3;3*2-1(3,4)5;/h8H,1-7H2;4*1-2H3;3*(H,2,3,4,5);/q;;;;;;;;+3/p-3. The second-order valence-corrected chi connectivity index (χ2v) is 14.7. The van der Waals surface area contributed by atoms with E-state index in [2.05, 4.69) is 10.2 Å². The molecule has 1 heterocycles. The topological polar surface area (TPSA) is 386 Å². The van der Waals surface area contributed by atoms with Crippen LogP contribution in [-0.2, 0) is 59.7 Å². The van der Waals surface area contributed by atoms with Crippen LogP contribution < -0.4 is 67.0 Å². The van der Waals surface area contributed by atoms with Gasteiger partial charge in [0, 0.05) is 133 Å². The Kier molecular flexibility index (Phi) is 59.0. The zero-order chi connectivity index (χ0) is 34.3. The van der Waals surface area contributed by atoms with E-state index in [0.717, 1.165) is 39.3 Å². The van der Waals surface area contributed by atoms with E-state index >= 15 is 0 Å². The van der Waals surface area contributed by atoms with Gasteiger partial charge in [-0.2, -0.15) is 0 Å². The number of nitrogens with zero attached hydrogens (tertiary/aromatic N) is 1. The van der Waals surface area contributed by atoms with Gasteiger partial charge in [-0.05, 0) is 0 Å². The van der Waals surface area contributed by atoms with Crippen molar-refractivity contribution in [2.45, 2.75) is 0 Å². The molecule has 0 aromatic rings. The molecule has 0 saturated carbocycles. The first-order valence-corrected chi connectivity index (χ1v) is 20.9. The Balaban J connectivity index is -0.0000000516. The molecular formula is C14H39Cl3N3NiO16S4. The number of rotatable bonds is 2. The van der Waals surface area contributed by atoms with Crippen LogP contribution in [-0.4, -0.2) is 111 Å². The normalized spacial score (nSPS) is 12.7. The van der Waals surface area contributed by atoms with Gasteiger partial charge in [0.15, 0.2) is 0 Å². The van der Waals surface area contributed by atoms with Crippen LogP contribution in [0.1, 0.15) is 0 Å². The summed E-state index contributed by atoms with van der Waals surface area (Å²) in [6, 6.07) is 0. The molecule has 27 heteroatoms. The van der Waals surface area contributed by atoms with Crippen molar-refractivity contribution >= 4 is 43.2 Å². The first-order valence-electron chi connectivity index (χ1n) is 9.35. The Bertz CT molecular complexity index is 514. The number of nitrogens with one attached hydrogen (secondary N) is 1. The summed E-state index contributed by atoms with van der Waals surface area (Å²) in [5, 5.41) is 3.29. The maximum atomic E-state index is 9.56. The van der Waals surface area contributed by atoms with Crippen molar-refractivity contribution in [2.75, 3.05) is 89.3 Å². The molecule has 0 atom stereocenters. The monoisotopic (exact) mass is 796 g/mol. The van der Waals surface area contributed by atoms with Gasteiger partial charge < -0.3 is 11.1 Å². The van der Waals surface area contributed by atoms with Crippen LogP contribution in [0.3, 0.4) is 0 Å². The van der Waals surface area contributed by atoms with E-state index in [9.17, 15) is 16.8 Å². The summed E-state index contributed by atoms with van der Waals surface area (Å²) in [5.41, 5.74) is 5.40. The summed E-state index contributed by atoms with van der Waals surface area (Å²) in [5.74, 6) is 0. The third-order valence-electron chi connectivity index (χ3n) is 1.65. The van der Waals surface area contributed by atoms with Gasteiger partial charge in [0.2, 0.25) is 0 Å². The molecule has 1 fully saturated rings. The fourth-order valence-electron chi connectivity index (χ4n) is 1.12. The molecular weight excluding hydrogens is 759 g/mol. The summed E-state index contributed by atoms with van der Waals surface area (Å²) in [7, 11) is -17.3. The average Bonchev–Trinajstić information content (AvgIpc) is 2.56. The number of hydrogen-bond donors (Lipinski definition) is 2. The first-order chi connectivity index (χ1) is 17.4. The third-order valence-corrected chi connectivity index (χ3v) is 1.65. The Morgan fingerprint density at radius 1 is 0.561 bits per heavy atom. The van der Waals surface area contributed by atoms with Crippen molar-refractivity contribution in [1.82, 2.24) is 10.2 Å². The number of piperazine rings is 1. The molecule has 0 amide bonds. The van der Waals surface area contributed by atoms with E-state index in [1.54, 1.807) is 50.0 Å². The van der Waals surface area contributed by atoms with Crippen molar-refractivity contribution in [3.8, 4) is 0 Å². The van der Waals surface area contributed by atoms with E-state index in [0.29, 0.717) is 0 Å². The predicted molar refractivity (Wildman–Crippen MR) is 118 cm³/mol. The molecule has 0 bridgehead atoms. The maximum absolute atomic E-state index is 9.56. The van der Waals surface area contributed by atoms with E-state index in [4.69, 9.17) is 61.6 Å². The van der Waals surface area contributed by atoms with Crippen LogP contribution >= 0.6 is 0 Å². The van der Waals surface area contributed by atoms with E-state index in [-0.39, 0.29) is 16.5 Å². The molecule has 0 unspecified atom stereocenters. The zero-order valence-electron chi connectivity index (χ0n) is 23.4. The van der Waals surface area contributed by atoms with Crippen LogP contribution in [0, 0.1) is 30.7 Å². The molecule has 1 aliphatic rings. The number of nitrogens with two attached hydrogens (primary N) is 1.